The van der Waals surface area contributed by atoms with Gasteiger partial charge >= 0.3 is 0 Å². The molecule has 0 aliphatic carbocycles. The van der Waals surface area contributed by atoms with Gasteiger partial charge in [-0.2, -0.15) is 4.98 Å². The number of aliphatic hydroxyl groups is 1. The van der Waals surface area contributed by atoms with Crippen LogP contribution in [0.5, 0.6) is 11.6 Å². The van der Waals surface area contributed by atoms with Gasteiger partial charge in [0.25, 0.3) is 0 Å². The zero-order chi connectivity index (χ0) is 22.9. The summed E-state index contributed by atoms with van der Waals surface area (Å²) in [6.45, 7) is 6.00. The third-order valence-electron chi connectivity index (χ3n) is 5.94. The maximum absolute atomic E-state index is 9.87. The van der Waals surface area contributed by atoms with Crippen molar-refractivity contribution in [2.45, 2.75) is 44.6 Å². The van der Waals surface area contributed by atoms with Gasteiger partial charge in [0.2, 0.25) is 5.88 Å². The lowest BCUT2D eigenvalue weighted by Crippen LogP contribution is -2.13. The van der Waals surface area contributed by atoms with Crippen LogP contribution in [0.15, 0.2) is 59.8 Å². The molecule has 5 nitrogen and oxygen atoms in total. The highest BCUT2D eigenvalue weighted by Gasteiger charge is 2.28. The maximum atomic E-state index is 9.87. The van der Waals surface area contributed by atoms with E-state index in [2.05, 4.69) is 49.2 Å². The third kappa shape index (κ3) is 4.24. The number of hydrogen-bond acceptors (Lipinski definition) is 6. The SMILES string of the molecule is Cc1ccc(CSc2nc(-c3ccccc3C)nc3c2Cc2c(CO)cnc(C)c2O3)cc1. The average molecular weight is 456 g/mol. The van der Waals surface area contributed by atoms with Crippen LogP contribution < -0.4 is 4.74 Å². The fourth-order valence-electron chi connectivity index (χ4n) is 3.99. The number of aryl methyl sites for hydroxylation is 3. The summed E-state index contributed by atoms with van der Waals surface area (Å²) in [6.07, 6.45) is 2.33. The monoisotopic (exact) mass is 455 g/mol. The number of aliphatic hydroxyl groups excluding tert-OH is 1. The van der Waals surface area contributed by atoms with E-state index in [1.807, 2.05) is 25.1 Å². The van der Waals surface area contributed by atoms with E-state index in [-0.39, 0.29) is 6.61 Å². The summed E-state index contributed by atoms with van der Waals surface area (Å²) in [5.41, 5.74) is 8.07. The average Bonchev–Trinajstić information content (AvgIpc) is 2.83. The molecule has 0 radical (unpaired) electrons. The van der Waals surface area contributed by atoms with E-state index in [1.165, 1.54) is 11.1 Å². The van der Waals surface area contributed by atoms with E-state index in [1.54, 1.807) is 18.0 Å². The molecule has 0 saturated carbocycles. The summed E-state index contributed by atoms with van der Waals surface area (Å²) >= 11 is 1.69. The first kappa shape index (κ1) is 21.6. The lowest BCUT2D eigenvalue weighted by atomic mass is 9.99. The minimum atomic E-state index is -0.0811. The van der Waals surface area contributed by atoms with E-state index in [0.717, 1.165) is 44.3 Å². The van der Waals surface area contributed by atoms with Crippen LogP contribution in [0.1, 0.15) is 39.1 Å². The predicted molar refractivity (Wildman–Crippen MR) is 131 cm³/mol. The molecule has 33 heavy (non-hydrogen) atoms. The Morgan fingerprint density at radius 2 is 1.76 bits per heavy atom. The fourth-order valence-corrected chi connectivity index (χ4v) is 4.97. The Labute approximate surface area is 197 Å². The number of rotatable bonds is 5. The molecule has 0 saturated heterocycles. The van der Waals surface area contributed by atoms with E-state index < -0.39 is 0 Å². The highest BCUT2D eigenvalue weighted by atomic mass is 32.2. The molecular formula is C27H25N3O2S. The molecule has 4 aromatic rings. The van der Waals surface area contributed by atoms with Crippen LogP contribution in [-0.4, -0.2) is 20.1 Å². The van der Waals surface area contributed by atoms with Crippen LogP contribution in [0.3, 0.4) is 0 Å². The molecule has 0 spiro atoms. The zero-order valence-electron chi connectivity index (χ0n) is 18.9. The van der Waals surface area contributed by atoms with Crippen molar-refractivity contribution in [3.63, 3.8) is 0 Å². The summed E-state index contributed by atoms with van der Waals surface area (Å²) in [4.78, 5) is 14.2. The van der Waals surface area contributed by atoms with Gasteiger partial charge in [-0.15, -0.1) is 11.8 Å². The van der Waals surface area contributed by atoms with Crippen LogP contribution in [-0.2, 0) is 18.8 Å². The van der Waals surface area contributed by atoms with Crippen molar-refractivity contribution in [3.8, 4) is 23.0 Å². The van der Waals surface area contributed by atoms with Crippen molar-refractivity contribution in [2.75, 3.05) is 0 Å². The smallest absolute Gasteiger partial charge is 0.227 e. The van der Waals surface area contributed by atoms with Gasteiger partial charge < -0.3 is 9.84 Å². The molecule has 0 amide bonds. The lowest BCUT2D eigenvalue weighted by Gasteiger charge is -2.24. The highest BCUT2D eigenvalue weighted by Crippen LogP contribution is 2.43. The zero-order valence-corrected chi connectivity index (χ0v) is 19.7. The van der Waals surface area contributed by atoms with Gasteiger partial charge in [-0.05, 0) is 31.9 Å². The van der Waals surface area contributed by atoms with E-state index >= 15 is 0 Å². The van der Waals surface area contributed by atoms with Crippen molar-refractivity contribution in [3.05, 3.63) is 93.8 Å². The minimum Gasteiger partial charge on any atom is -0.436 e. The first-order chi connectivity index (χ1) is 16.0. The van der Waals surface area contributed by atoms with Crippen LogP contribution in [0.25, 0.3) is 11.4 Å². The Balaban J connectivity index is 1.60. The number of thioether (sulfide) groups is 1. The lowest BCUT2D eigenvalue weighted by molar-refractivity contribution is 0.278. The van der Waals surface area contributed by atoms with Crippen LogP contribution in [0.4, 0.5) is 0 Å². The summed E-state index contributed by atoms with van der Waals surface area (Å²) in [5, 5.41) is 10.8. The van der Waals surface area contributed by atoms with E-state index in [4.69, 9.17) is 14.7 Å². The first-order valence-corrected chi connectivity index (χ1v) is 11.9. The summed E-state index contributed by atoms with van der Waals surface area (Å²) < 4.78 is 6.32. The standard InChI is InChI=1S/C27H25N3O2S/c1-16-8-10-19(11-9-16)15-33-27-23-12-22-20(14-31)13-28-18(3)24(22)32-26(23)29-25(30-27)21-7-5-4-6-17(21)2/h4-11,13,31H,12,14-15H2,1-3H3. The number of benzene rings is 2. The molecule has 5 rings (SSSR count). The number of pyridine rings is 1. The summed E-state index contributed by atoms with van der Waals surface area (Å²) in [5.74, 6) is 2.72. The van der Waals surface area contributed by atoms with Crippen molar-refractivity contribution >= 4 is 11.8 Å². The van der Waals surface area contributed by atoms with Gasteiger partial charge in [0.15, 0.2) is 11.6 Å². The molecule has 3 heterocycles. The van der Waals surface area contributed by atoms with Crippen LogP contribution in [0, 0.1) is 20.8 Å². The second-order valence-electron chi connectivity index (χ2n) is 8.34. The second kappa shape index (κ2) is 8.96. The molecule has 0 fully saturated rings. The maximum Gasteiger partial charge on any atom is 0.227 e. The largest absolute Gasteiger partial charge is 0.436 e. The fraction of sp³-hybridized carbons (Fsp3) is 0.222. The number of ether oxygens (including phenoxy) is 1. The van der Waals surface area contributed by atoms with Crippen molar-refractivity contribution in [1.82, 2.24) is 15.0 Å². The van der Waals surface area contributed by atoms with Gasteiger partial charge in [-0.25, -0.2) is 4.98 Å². The Morgan fingerprint density at radius 3 is 2.52 bits per heavy atom. The van der Waals surface area contributed by atoms with E-state index in [9.17, 15) is 5.11 Å². The summed E-state index contributed by atoms with van der Waals surface area (Å²) in [7, 11) is 0. The van der Waals surface area contributed by atoms with Gasteiger partial charge in [0.05, 0.1) is 17.9 Å². The minimum absolute atomic E-state index is 0.0811. The highest BCUT2D eigenvalue weighted by molar-refractivity contribution is 7.98. The molecule has 2 aromatic heterocycles. The quantitative estimate of drug-likeness (QED) is 0.261. The Kier molecular flexibility index (Phi) is 5.87. The molecule has 1 aliphatic heterocycles. The Morgan fingerprint density at radius 1 is 0.970 bits per heavy atom. The summed E-state index contributed by atoms with van der Waals surface area (Å²) in [6, 6.07) is 16.7. The molecule has 6 heteroatoms. The van der Waals surface area contributed by atoms with Crippen molar-refractivity contribution in [1.29, 1.82) is 0 Å². The number of fused-ring (bicyclic) bond motifs is 2. The van der Waals surface area contributed by atoms with Gasteiger partial charge in [-0.3, -0.25) is 4.98 Å². The van der Waals surface area contributed by atoms with Crippen molar-refractivity contribution in [2.24, 2.45) is 0 Å². The molecule has 166 valence electrons. The van der Waals surface area contributed by atoms with Crippen LogP contribution in [0.2, 0.25) is 0 Å². The number of aromatic nitrogens is 3. The predicted octanol–water partition coefficient (Wildman–Crippen LogP) is 5.94. The molecular weight excluding hydrogens is 430 g/mol. The van der Waals surface area contributed by atoms with E-state index in [0.29, 0.717) is 23.9 Å². The molecule has 2 aromatic carbocycles. The van der Waals surface area contributed by atoms with Gasteiger partial charge in [0.1, 0.15) is 5.03 Å². The molecule has 0 atom stereocenters. The topological polar surface area (TPSA) is 68.1 Å². The first-order valence-electron chi connectivity index (χ1n) is 10.9. The van der Waals surface area contributed by atoms with Crippen molar-refractivity contribution < 1.29 is 9.84 Å². The molecule has 0 unspecified atom stereocenters. The number of hydrogen-bond donors (Lipinski definition) is 1. The third-order valence-corrected chi connectivity index (χ3v) is 7.03. The second-order valence-corrected chi connectivity index (χ2v) is 9.30. The van der Waals surface area contributed by atoms with Gasteiger partial charge in [0, 0.05) is 35.1 Å². The Bertz CT molecular complexity index is 1340. The molecule has 0 bridgehead atoms. The molecule has 1 N–H and O–H groups in total. The molecule has 1 aliphatic rings. The van der Waals surface area contributed by atoms with Crippen LogP contribution >= 0.6 is 11.8 Å². The number of nitrogens with zero attached hydrogens (tertiary/aromatic N) is 3. The Hall–Kier alpha value is -3.22. The normalized spacial score (nSPS) is 12.1. The van der Waals surface area contributed by atoms with Gasteiger partial charge in [-0.1, -0.05) is 54.1 Å².